The molecule has 15 heavy (non-hydrogen) atoms. The van der Waals surface area contributed by atoms with Crippen LogP contribution < -0.4 is 5.32 Å². The number of hydrogen-bond donors (Lipinski definition) is 2. The van der Waals surface area contributed by atoms with Gasteiger partial charge in [0.2, 0.25) is 11.9 Å². The van der Waals surface area contributed by atoms with E-state index < -0.39 is 23.9 Å². The van der Waals surface area contributed by atoms with Crippen molar-refractivity contribution < 1.29 is 24.2 Å². The van der Waals surface area contributed by atoms with Gasteiger partial charge in [0.15, 0.2) is 0 Å². The highest BCUT2D eigenvalue weighted by Crippen LogP contribution is 2.01. The second kappa shape index (κ2) is 6.18. The van der Waals surface area contributed by atoms with Crippen LogP contribution in [0, 0.1) is 0 Å². The molecule has 0 saturated carbocycles. The highest BCUT2D eigenvalue weighted by atomic mass is 79.9. The first-order valence-electron chi connectivity index (χ1n) is 3.84. The average Bonchev–Trinajstić information content (AvgIpc) is 2.09. The predicted octanol–water partition coefficient (Wildman–Crippen LogP) is 0.0275. The van der Waals surface area contributed by atoms with Crippen molar-refractivity contribution in [2.45, 2.75) is 13.0 Å². The summed E-state index contributed by atoms with van der Waals surface area (Å²) in [6.45, 7) is 4.35. The quantitative estimate of drug-likeness (QED) is 0.547. The maximum atomic E-state index is 11.1. The molecule has 0 heterocycles. The van der Waals surface area contributed by atoms with E-state index in [0.29, 0.717) is 4.48 Å². The van der Waals surface area contributed by atoms with Gasteiger partial charge < -0.3 is 15.2 Å². The summed E-state index contributed by atoms with van der Waals surface area (Å²) in [5, 5.41) is 10.6. The molecule has 0 aliphatic heterocycles. The average molecular weight is 280 g/mol. The van der Waals surface area contributed by atoms with Crippen LogP contribution in [-0.4, -0.2) is 35.6 Å². The molecule has 0 fully saturated rings. The highest BCUT2D eigenvalue weighted by Gasteiger charge is 2.28. The minimum absolute atomic E-state index is 0.151. The fourth-order valence-corrected chi connectivity index (χ4v) is 0.772. The van der Waals surface area contributed by atoms with Gasteiger partial charge in [0.05, 0.1) is 0 Å². The van der Waals surface area contributed by atoms with E-state index in [1.165, 1.54) is 0 Å². The maximum absolute atomic E-state index is 11.1. The lowest BCUT2D eigenvalue weighted by Gasteiger charge is -2.11. The molecular formula is C8H10BrNO5. The third-order valence-corrected chi connectivity index (χ3v) is 1.43. The van der Waals surface area contributed by atoms with Gasteiger partial charge in [-0.3, -0.25) is 4.79 Å². The molecule has 84 valence electrons. The van der Waals surface area contributed by atoms with Gasteiger partial charge in [-0.2, -0.15) is 0 Å². The molecule has 1 unspecified atom stereocenters. The lowest BCUT2D eigenvalue weighted by Crippen LogP contribution is -2.46. The number of aliphatic carboxylic acids is 1. The Labute approximate surface area is 94.4 Å². The molecule has 0 radical (unpaired) electrons. The van der Waals surface area contributed by atoms with E-state index in [1.807, 2.05) is 5.32 Å². The standard InChI is InChI=1S/C8H10BrNO5/c1-4(9)3-15-8(14)6(7(12)13)10-5(2)11/h6H,1,3H2,2H3,(H,10,11)(H,12,13). The van der Waals surface area contributed by atoms with E-state index in [-0.39, 0.29) is 6.61 Å². The van der Waals surface area contributed by atoms with Gasteiger partial charge in [-0.05, 0) is 0 Å². The Morgan fingerprint density at radius 3 is 2.40 bits per heavy atom. The van der Waals surface area contributed by atoms with Crippen molar-refractivity contribution in [3.63, 3.8) is 0 Å². The molecule has 0 aliphatic carbocycles. The van der Waals surface area contributed by atoms with Crippen molar-refractivity contribution >= 4 is 33.8 Å². The molecule has 6 nitrogen and oxygen atoms in total. The van der Waals surface area contributed by atoms with Crippen molar-refractivity contribution in [1.29, 1.82) is 0 Å². The minimum atomic E-state index is -1.69. The Morgan fingerprint density at radius 1 is 1.53 bits per heavy atom. The monoisotopic (exact) mass is 279 g/mol. The molecule has 0 aliphatic rings. The van der Waals surface area contributed by atoms with Gasteiger partial charge in [-0.15, -0.1) is 0 Å². The summed E-state index contributed by atoms with van der Waals surface area (Å²) >= 11 is 2.93. The maximum Gasteiger partial charge on any atom is 0.340 e. The number of hydrogen-bond acceptors (Lipinski definition) is 4. The summed E-state index contributed by atoms with van der Waals surface area (Å²) in [7, 11) is 0. The van der Waals surface area contributed by atoms with Crippen LogP contribution in [0.2, 0.25) is 0 Å². The molecule has 0 aromatic heterocycles. The van der Waals surface area contributed by atoms with Gasteiger partial charge in [0.1, 0.15) is 6.61 Å². The molecule has 1 atom stereocenters. The zero-order valence-electron chi connectivity index (χ0n) is 7.95. The molecular weight excluding hydrogens is 270 g/mol. The number of rotatable bonds is 5. The predicted molar refractivity (Wildman–Crippen MR) is 54.3 cm³/mol. The van der Waals surface area contributed by atoms with E-state index in [9.17, 15) is 14.4 Å². The second-order valence-corrected chi connectivity index (χ2v) is 3.72. The van der Waals surface area contributed by atoms with Crippen LogP contribution in [0.1, 0.15) is 6.92 Å². The van der Waals surface area contributed by atoms with Crippen LogP contribution in [0.25, 0.3) is 0 Å². The molecule has 0 saturated heterocycles. The van der Waals surface area contributed by atoms with E-state index in [4.69, 9.17) is 5.11 Å². The van der Waals surface area contributed by atoms with Crippen LogP contribution >= 0.6 is 15.9 Å². The molecule has 2 N–H and O–H groups in total. The number of esters is 1. The second-order valence-electron chi connectivity index (χ2n) is 2.60. The van der Waals surface area contributed by atoms with Gasteiger partial charge in [0.25, 0.3) is 0 Å². The summed E-state index contributed by atoms with van der Waals surface area (Å²) in [5.41, 5.74) is 0. The number of amides is 1. The molecule has 7 heteroatoms. The van der Waals surface area contributed by atoms with Crippen molar-refractivity contribution in [3.05, 3.63) is 11.1 Å². The van der Waals surface area contributed by atoms with Gasteiger partial charge in [0, 0.05) is 11.4 Å². The van der Waals surface area contributed by atoms with Crippen LogP contribution in [0.3, 0.4) is 0 Å². The Balaban J connectivity index is 4.36. The molecule has 0 spiro atoms. The first-order chi connectivity index (χ1) is 6.84. The summed E-state index contributed by atoms with van der Waals surface area (Å²) in [6.07, 6.45) is 0. The van der Waals surface area contributed by atoms with E-state index in [1.54, 1.807) is 0 Å². The van der Waals surface area contributed by atoms with Crippen molar-refractivity contribution in [2.24, 2.45) is 0 Å². The van der Waals surface area contributed by atoms with Crippen molar-refractivity contribution in [3.8, 4) is 0 Å². The van der Waals surface area contributed by atoms with Gasteiger partial charge in [-0.1, -0.05) is 22.5 Å². The first-order valence-corrected chi connectivity index (χ1v) is 4.63. The molecule has 0 aromatic rings. The normalized spacial score (nSPS) is 11.3. The number of halogens is 1. The van der Waals surface area contributed by atoms with Gasteiger partial charge in [-0.25, -0.2) is 9.59 Å². The number of nitrogens with one attached hydrogen (secondary N) is 1. The lowest BCUT2D eigenvalue weighted by molar-refractivity contribution is -0.156. The van der Waals surface area contributed by atoms with Crippen LogP contribution in [0.15, 0.2) is 11.1 Å². The minimum Gasteiger partial charge on any atom is -0.479 e. The summed E-state index contributed by atoms with van der Waals surface area (Å²) < 4.78 is 4.94. The summed E-state index contributed by atoms with van der Waals surface area (Å²) in [5.74, 6) is -3.15. The third kappa shape index (κ3) is 5.84. The molecule has 1 amide bonds. The fourth-order valence-electron chi connectivity index (χ4n) is 0.658. The highest BCUT2D eigenvalue weighted by molar-refractivity contribution is 9.11. The van der Waals surface area contributed by atoms with Gasteiger partial charge >= 0.3 is 11.9 Å². The fraction of sp³-hybridized carbons (Fsp3) is 0.375. The molecule has 0 aromatic carbocycles. The summed E-state index contributed by atoms with van der Waals surface area (Å²) in [6, 6.07) is -1.69. The number of ether oxygens (including phenoxy) is 1. The Morgan fingerprint density at radius 2 is 2.07 bits per heavy atom. The SMILES string of the molecule is C=C(Br)COC(=O)C(NC(C)=O)C(=O)O. The smallest absolute Gasteiger partial charge is 0.340 e. The Kier molecular flexibility index (Phi) is 5.61. The number of carbonyl (C=O) groups is 3. The largest absolute Gasteiger partial charge is 0.479 e. The zero-order chi connectivity index (χ0) is 12.0. The number of carboxylic acid groups (broad SMARTS) is 1. The van der Waals surface area contributed by atoms with E-state index in [0.717, 1.165) is 6.92 Å². The van der Waals surface area contributed by atoms with Crippen LogP contribution in [0.4, 0.5) is 0 Å². The molecule has 0 bridgehead atoms. The topological polar surface area (TPSA) is 92.7 Å². The van der Waals surface area contributed by atoms with Crippen LogP contribution in [-0.2, 0) is 19.1 Å². The van der Waals surface area contributed by atoms with Crippen molar-refractivity contribution in [1.82, 2.24) is 5.32 Å². The van der Waals surface area contributed by atoms with Crippen LogP contribution in [0.5, 0.6) is 0 Å². The Bertz CT molecular complexity index is 301. The van der Waals surface area contributed by atoms with E-state index in [2.05, 4.69) is 27.2 Å². The first kappa shape index (κ1) is 13.6. The zero-order valence-corrected chi connectivity index (χ0v) is 9.54. The third-order valence-electron chi connectivity index (χ3n) is 1.20. The molecule has 0 rings (SSSR count). The lowest BCUT2D eigenvalue weighted by atomic mass is 10.3. The number of carbonyl (C=O) groups excluding carboxylic acids is 2. The Hall–Kier alpha value is -1.37. The number of carboxylic acids is 1. The summed E-state index contributed by atoms with van der Waals surface area (Å²) in [4.78, 5) is 32.3. The van der Waals surface area contributed by atoms with Crippen molar-refractivity contribution in [2.75, 3.05) is 6.61 Å². The van der Waals surface area contributed by atoms with E-state index >= 15 is 0 Å².